The minimum absolute atomic E-state index is 0.147. The first-order valence-electron chi connectivity index (χ1n) is 6.98. The van der Waals surface area contributed by atoms with Crippen LogP contribution < -0.4 is 14.8 Å². The molecule has 21 heavy (non-hydrogen) atoms. The first-order chi connectivity index (χ1) is 10.2. The first kappa shape index (κ1) is 14.9. The molecule has 2 aromatic rings. The second-order valence-electron chi connectivity index (χ2n) is 5.29. The van der Waals surface area contributed by atoms with Crippen molar-refractivity contribution >= 4 is 27.3 Å². The van der Waals surface area contributed by atoms with E-state index in [1.165, 1.54) is 10.4 Å². The van der Waals surface area contributed by atoms with Gasteiger partial charge in [-0.2, -0.15) is 0 Å². The van der Waals surface area contributed by atoms with Gasteiger partial charge < -0.3 is 14.8 Å². The fraction of sp³-hybridized carbons (Fsp3) is 0.375. The van der Waals surface area contributed by atoms with Crippen LogP contribution in [0.2, 0.25) is 0 Å². The van der Waals surface area contributed by atoms with Crippen LogP contribution in [-0.2, 0) is 0 Å². The lowest BCUT2D eigenvalue weighted by molar-refractivity contribution is 0.228. The van der Waals surface area contributed by atoms with Gasteiger partial charge in [0.25, 0.3) is 0 Å². The molecule has 2 unspecified atom stereocenters. The molecular formula is C16H18BrNO2S. The number of fused-ring (bicyclic) bond motifs is 1. The molecule has 3 rings (SSSR count). The van der Waals surface area contributed by atoms with E-state index < -0.39 is 0 Å². The molecule has 2 atom stereocenters. The zero-order valence-electron chi connectivity index (χ0n) is 12.1. The Balaban J connectivity index is 1.94. The van der Waals surface area contributed by atoms with Crippen LogP contribution in [0.5, 0.6) is 11.5 Å². The maximum atomic E-state index is 5.88. The number of ether oxygens (including phenoxy) is 2. The molecule has 0 amide bonds. The number of thiophene rings is 1. The molecule has 1 N–H and O–H groups in total. The predicted molar refractivity (Wildman–Crippen MR) is 89.5 cm³/mol. The number of hydrogen-bond donors (Lipinski definition) is 1. The topological polar surface area (TPSA) is 30.5 Å². The van der Waals surface area contributed by atoms with Gasteiger partial charge in [-0.15, -0.1) is 11.3 Å². The Morgan fingerprint density at radius 1 is 1.24 bits per heavy atom. The molecule has 1 aliphatic rings. The third-order valence-electron chi connectivity index (χ3n) is 3.54. The van der Waals surface area contributed by atoms with E-state index in [0.717, 1.165) is 16.0 Å². The smallest absolute Gasteiger partial charge is 0.161 e. The largest absolute Gasteiger partial charge is 0.489 e. The van der Waals surface area contributed by atoms with Gasteiger partial charge in [-0.05, 0) is 52.1 Å². The van der Waals surface area contributed by atoms with Crippen LogP contribution in [0, 0.1) is 5.92 Å². The average Bonchev–Trinajstić information content (AvgIpc) is 2.81. The summed E-state index contributed by atoms with van der Waals surface area (Å²) in [6.45, 7) is 3.54. The van der Waals surface area contributed by atoms with Crippen molar-refractivity contribution in [3.05, 3.63) is 44.6 Å². The average molecular weight is 368 g/mol. The van der Waals surface area contributed by atoms with Gasteiger partial charge in [-0.1, -0.05) is 13.0 Å². The van der Waals surface area contributed by atoms with E-state index in [2.05, 4.69) is 51.7 Å². The predicted octanol–water partition coefficient (Wildman–Crippen LogP) is 4.23. The Morgan fingerprint density at radius 2 is 2.00 bits per heavy atom. The van der Waals surface area contributed by atoms with E-state index in [1.54, 1.807) is 11.3 Å². The van der Waals surface area contributed by atoms with Crippen LogP contribution in [0.15, 0.2) is 34.1 Å². The Kier molecular flexibility index (Phi) is 4.52. The Labute approximate surface area is 137 Å². The fourth-order valence-corrected chi connectivity index (χ4v) is 4.15. The number of halogens is 1. The summed E-state index contributed by atoms with van der Waals surface area (Å²) in [7, 11) is 1.97. The van der Waals surface area contributed by atoms with E-state index in [0.29, 0.717) is 19.1 Å². The number of nitrogens with one attached hydrogen (secondary N) is 1. The van der Waals surface area contributed by atoms with E-state index in [4.69, 9.17) is 9.47 Å². The molecule has 3 nitrogen and oxygen atoms in total. The van der Waals surface area contributed by atoms with Crippen molar-refractivity contribution in [1.29, 1.82) is 0 Å². The number of hydrogen-bond acceptors (Lipinski definition) is 4. The van der Waals surface area contributed by atoms with Crippen LogP contribution >= 0.6 is 27.3 Å². The Morgan fingerprint density at radius 3 is 2.67 bits per heavy atom. The van der Waals surface area contributed by atoms with Gasteiger partial charge in [-0.25, -0.2) is 0 Å². The Bertz CT molecular complexity index is 628. The fourth-order valence-electron chi connectivity index (χ4n) is 2.41. The van der Waals surface area contributed by atoms with E-state index in [-0.39, 0.29) is 6.04 Å². The van der Waals surface area contributed by atoms with Crippen molar-refractivity contribution < 1.29 is 9.47 Å². The summed E-state index contributed by atoms with van der Waals surface area (Å²) in [5, 5.41) is 5.47. The molecule has 0 spiro atoms. The van der Waals surface area contributed by atoms with Gasteiger partial charge in [0.05, 0.1) is 19.3 Å². The molecule has 1 aromatic carbocycles. The molecule has 1 aromatic heterocycles. The lowest BCUT2D eigenvalue weighted by Gasteiger charge is -2.18. The molecule has 0 radical (unpaired) electrons. The lowest BCUT2D eigenvalue weighted by atomic mass is 10.0. The van der Waals surface area contributed by atoms with Gasteiger partial charge in [0.15, 0.2) is 11.5 Å². The standard InChI is InChI=1S/C16H18BrNO2S/c1-10-8-19-13-4-3-11(7-14(13)20-9-10)15(18-2)16-12(17)5-6-21-16/h3-7,10,15,18H,8-9H2,1-2H3. The molecule has 0 fully saturated rings. The highest BCUT2D eigenvalue weighted by Gasteiger charge is 2.20. The highest BCUT2D eigenvalue weighted by molar-refractivity contribution is 9.10. The summed E-state index contributed by atoms with van der Waals surface area (Å²) in [4.78, 5) is 1.26. The molecule has 1 aliphatic heterocycles. The van der Waals surface area contributed by atoms with Crippen molar-refractivity contribution in [2.24, 2.45) is 5.92 Å². The molecule has 0 bridgehead atoms. The van der Waals surface area contributed by atoms with Crippen molar-refractivity contribution in [2.45, 2.75) is 13.0 Å². The number of rotatable bonds is 3. The van der Waals surface area contributed by atoms with Crippen molar-refractivity contribution in [1.82, 2.24) is 5.32 Å². The molecule has 0 aliphatic carbocycles. The summed E-state index contributed by atoms with van der Waals surface area (Å²) in [6.07, 6.45) is 0. The minimum Gasteiger partial charge on any atom is -0.489 e. The second kappa shape index (κ2) is 6.38. The summed E-state index contributed by atoms with van der Waals surface area (Å²) in [5.41, 5.74) is 1.18. The maximum Gasteiger partial charge on any atom is 0.161 e. The summed E-state index contributed by atoms with van der Waals surface area (Å²) in [6, 6.07) is 8.42. The van der Waals surface area contributed by atoms with Gasteiger partial charge >= 0.3 is 0 Å². The zero-order chi connectivity index (χ0) is 14.8. The summed E-state index contributed by atoms with van der Waals surface area (Å²) in [5.74, 6) is 2.08. The van der Waals surface area contributed by atoms with Crippen molar-refractivity contribution in [2.75, 3.05) is 20.3 Å². The maximum absolute atomic E-state index is 5.88. The van der Waals surface area contributed by atoms with Crippen LogP contribution in [0.4, 0.5) is 0 Å². The van der Waals surface area contributed by atoms with Crippen LogP contribution in [0.25, 0.3) is 0 Å². The monoisotopic (exact) mass is 367 g/mol. The third kappa shape index (κ3) is 3.10. The van der Waals surface area contributed by atoms with Crippen LogP contribution in [0.1, 0.15) is 23.4 Å². The SMILES string of the molecule is CNC(c1ccc2c(c1)OCC(C)CO2)c1sccc1Br. The normalized spacial score (nSPS) is 19.1. The molecule has 112 valence electrons. The van der Waals surface area contributed by atoms with Crippen molar-refractivity contribution in [3.8, 4) is 11.5 Å². The van der Waals surface area contributed by atoms with E-state index >= 15 is 0 Å². The Hall–Kier alpha value is -1.04. The highest BCUT2D eigenvalue weighted by atomic mass is 79.9. The van der Waals surface area contributed by atoms with Gasteiger partial charge in [0, 0.05) is 15.3 Å². The van der Waals surface area contributed by atoms with E-state index in [9.17, 15) is 0 Å². The third-order valence-corrected chi connectivity index (χ3v) is 5.48. The van der Waals surface area contributed by atoms with Crippen LogP contribution in [-0.4, -0.2) is 20.3 Å². The van der Waals surface area contributed by atoms with Gasteiger partial charge in [-0.3, -0.25) is 0 Å². The molecule has 5 heteroatoms. The molecular weight excluding hydrogens is 350 g/mol. The highest BCUT2D eigenvalue weighted by Crippen LogP contribution is 2.37. The lowest BCUT2D eigenvalue weighted by Crippen LogP contribution is -2.17. The molecule has 2 heterocycles. The first-order valence-corrected chi connectivity index (χ1v) is 8.66. The van der Waals surface area contributed by atoms with Gasteiger partial charge in [0.2, 0.25) is 0 Å². The second-order valence-corrected chi connectivity index (χ2v) is 7.09. The zero-order valence-corrected chi connectivity index (χ0v) is 14.5. The number of benzene rings is 1. The van der Waals surface area contributed by atoms with Gasteiger partial charge in [0.1, 0.15) is 0 Å². The molecule has 0 saturated carbocycles. The van der Waals surface area contributed by atoms with E-state index in [1.807, 2.05) is 13.1 Å². The van der Waals surface area contributed by atoms with Crippen molar-refractivity contribution in [3.63, 3.8) is 0 Å². The van der Waals surface area contributed by atoms with Crippen LogP contribution in [0.3, 0.4) is 0 Å². The summed E-state index contributed by atoms with van der Waals surface area (Å²) < 4.78 is 12.8. The minimum atomic E-state index is 0.147. The molecule has 0 saturated heterocycles. The quantitative estimate of drug-likeness (QED) is 0.880. The summed E-state index contributed by atoms with van der Waals surface area (Å²) >= 11 is 5.35.